The number of nitrogens with zero attached hydrogens (tertiary/aromatic N) is 4. The summed E-state index contributed by atoms with van der Waals surface area (Å²) in [5.74, 6) is -0.0131. The van der Waals surface area contributed by atoms with Crippen molar-refractivity contribution in [2.24, 2.45) is 0 Å². The second kappa shape index (κ2) is 7.60. The molecule has 1 aliphatic heterocycles. The second-order valence-corrected chi connectivity index (χ2v) is 7.87. The Kier molecular flexibility index (Phi) is 4.78. The number of carbonyl (C=O) groups is 1. The molecule has 0 spiro atoms. The molecule has 2 fully saturated rings. The molecule has 6 rings (SSSR count). The average Bonchev–Trinajstić information content (AvgIpc) is 3.42. The molecule has 0 radical (unpaired) electrons. The predicted molar refractivity (Wildman–Crippen MR) is 116 cm³/mol. The van der Waals surface area contributed by atoms with Gasteiger partial charge in [0.15, 0.2) is 11.6 Å². The molecule has 9 heteroatoms. The first kappa shape index (κ1) is 18.9. The zero-order valence-corrected chi connectivity index (χ0v) is 16.9. The number of pyridine rings is 1. The van der Waals surface area contributed by atoms with Crippen molar-refractivity contribution in [1.82, 2.24) is 19.8 Å². The van der Waals surface area contributed by atoms with E-state index in [-0.39, 0.29) is 5.02 Å². The number of hydrogen-bond acceptors (Lipinski definition) is 4. The summed E-state index contributed by atoms with van der Waals surface area (Å²) in [7, 11) is 0. The second-order valence-electron chi connectivity index (χ2n) is 7.49. The van der Waals surface area contributed by atoms with Crippen LogP contribution in [0, 0.1) is 5.82 Å². The summed E-state index contributed by atoms with van der Waals surface area (Å²) in [6, 6.07) is 5.38. The normalized spacial score (nSPS) is 14.9. The van der Waals surface area contributed by atoms with Crippen molar-refractivity contribution in [3.05, 3.63) is 41.4 Å². The maximum atomic E-state index is 15.2. The number of amides is 1. The van der Waals surface area contributed by atoms with Crippen LogP contribution in [0.3, 0.4) is 0 Å². The van der Waals surface area contributed by atoms with Crippen LogP contribution in [0.4, 0.5) is 15.9 Å². The molecule has 0 atom stereocenters. The van der Waals surface area contributed by atoms with E-state index in [1.165, 1.54) is 19.3 Å². The van der Waals surface area contributed by atoms with Crippen molar-refractivity contribution in [1.29, 1.82) is 0 Å². The Morgan fingerprint density at radius 1 is 1.20 bits per heavy atom. The number of H-pyrrole nitrogens is 1. The molecule has 3 aromatic heterocycles. The topological polar surface area (TPSA) is 78.3 Å². The summed E-state index contributed by atoms with van der Waals surface area (Å²) in [5.41, 5.74) is 3.19. The third-order valence-electron chi connectivity index (χ3n) is 5.25. The highest BCUT2D eigenvalue weighted by molar-refractivity contribution is 6.36. The van der Waals surface area contributed by atoms with Crippen LogP contribution in [-0.4, -0.2) is 39.3 Å². The van der Waals surface area contributed by atoms with Crippen LogP contribution in [0.25, 0.3) is 27.5 Å². The third-order valence-corrected chi connectivity index (χ3v) is 5.61. The van der Waals surface area contributed by atoms with Gasteiger partial charge >= 0.3 is 0 Å². The smallest absolute Gasteiger partial charge is 0.212 e. The van der Waals surface area contributed by atoms with Crippen molar-refractivity contribution in [2.45, 2.75) is 25.7 Å². The molecule has 1 aliphatic carbocycles. The predicted octanol–water partition coefficient (Wildman–Crippen LogP) is 4.62. The first-order chi connectivity index (χ1) is 14.7. The summed E-state index contributed by atoms with van der Waals surface area (Å²) in [4.78, 5) is 12.6. The van der Waals surface area contributed by atoms with E-state index < -0.39 is 5.82 Å². The van der Waals surface area contributed by atoms with Crippen LogP contribution in [0.15, 0.2) is 30.6 Å². The number of hydrogen-bond donors (Lipinski definition) is 2. The minimum absolute atomic E-state index is 0.0703. The largest absolute Gasteiger partial charge is 0.367 e. The van der Waals surface area contributed by atoms with Crippen molar-refractivity contribution < 1.29 is 9.18 Å². The Hall–Kier alpha value is -3.13. The zero-order chi connectivity index (χ0) is 20.7. The molecule has 2 aliphatic rings. The van der Waals surface area contributed by atoms with Crippen molar-refractivity contribution >= 4 is 45.9 Å². The Balaban J connectivity index is 0.000000592. The van der Waals surface area contributed by atoms with E-state index in [4.69, 9.17) is 11.6 Å². The fourth-order valence-corrected chi connectivity index (χ4v) is 3.80. The molecule has 1 saturated heterocycles. The van der Waals surface area contributed by atoms with E-state index in [0.29, 0.717) is 29.0 Å². The van der Waals surface area contributed by atoms with Crippen molar-refractivity contribution in [2.75, 3.05) is 23.3 Å². The summed E-state index contributed by atoms with van der Waals surface area (Å²) < 4.78 is 16.8. The number of halogens is 2. The van der Waals surface area contributed by atoms with Crippen molar-refractivity contribution in [3.63, 3.8) is 0 Å². The summed E-state index contributed by atoms with van der Waals surface area (Å²) in [6.45, 7) is 1.60. The highest BCUT2D eigenvalue weighted by Gasteiger charge is 2.27. The van der Waals surface area contributed by atoms with Crippen LogP contribution >= 0.6 is 11.6 Å². The monoisotopic (exact) mass is 426 g/mol. The maximum absolute atomic E-state index is 15.2. The molecule has 7 nitrogen and oxygen atoms in total. The number of benzene rings is 1. The fraction of sp³-hybridized carbons (Fsp3) is 0.286. The first-order valence-corrected chi connectivity index (χ1v) is 10.3. The van der Waals surface area contributed by atoms with Gasteiger partial charge in [-0.15, -0.1) is 0 Å². The maximum Gasteiger partial charge on any atom is 0.212 e. The third kappa shape index (κ3) is 3.27. The van der Waals surface area contributed by atoms with E-state index >= 15 is 4.39 Å². The van der Waals surface area contributed by atoms with Crippen LogP contribution in [0.1, 0.15) is 25.7 Å². The average molecular weight is 427 g/mol. The highest BCUT2D eigenvalue weighted by atomic mass is 35.5. The van der Waals surface area contributed by atoms with Gasteiger partial charge in [0.25, 0.3) is 0 Å². The van der Waals surface area contributed by atoms with E-state index in [2.05, 4.69) is 20.6 Å². The molecule has 4 heterocycles. The Morgan fingerprint density at radius 2 is 2.00 bits per heavy atom. The number of carbonyl (C=O) groups excluding carboxylic acids is 1. The van der Waals surface area contributed by atoms with Gasteiger partial charge < -0.3 is 10.2 Å². The molecule has 1 amide bonds. The summed E-state index contributed by atoms with van der Waals surface area (Å²) >= 11 is 6.48. The van der Waals surface area contributed by atoms with Gasteiger partial charge in [-0.1, -0.05) is 30.9 Å². The number of anilines is 2. The van der Waals surface area contributed by atoms with E-state index in [0.717, 1.165) is 36.0 Å². The Bertz CT molecular complexity index is 1240. The van der Waals surface area contributed by atoms with Crippen LogP contribution in [0.2, 0.25) is 5.02 Å². The molecular formula is C21H20ClFN6O. The zero-order valence-electron chi connectivity index (χ0n) is 16.2. The SMILES string of the molecule is C1CC1.O=CNc1cc2cc(-c3c(Cl)c(F)c(N4CCC4)c4[nH]ncc34)ccn2n1. The molecule has 1 saturated carbocycles. The van der Waals surface area contributed by atoms with E-state index in [1.54, 1.807) is 29.0 Å². The molecule has 154 valence electrons. The van der Waals surface area contributed by atoms with Gasteiger partial charge in [-0.2, -0.15) is 10.2 Å². The minimum Gasteiger partial charge on any atom is -0.367 e. The highest BCUT2D eigenvalue weighted by Crippen LogP contribution is 2.43. The number of fused-ring (bicyclic) bond motifs is 2. The van der Waals surface area contributed by atoms with Gasteiger partial charge in [0.05, 0.1) is 22.3 Å². The number of aromatic amines is 1. The van der Waals surface area contributed by atoms with Crippen LogP contribution in [0.5, 0.6) is 0 Å². The first-order valence-electron chi connectivity index (χ1n) is 9.96. The number of nitrogens with one attached hydrogen (secondary N) is 2. The van der Waals surface area contributed by atoms with Crippen LogP contribution < -0.4 is 10.2 Å². The quantitative estimate of drug-likeness (QED) is 0.467. The number of aromatic nitrogens is 4. The fourth-order valence-electron chi connectivity index (χ4n) is 3.50. The lowest BCUT2D eigenvalue weighted by molar-refractivity contribution is -0.105. The van der Waals surface area contributed by atoms with Gasteiger partial charge in [0.1, 0.15) is 5.69 Å². The molecular weight excluding hydrogens is 407 g/mol. The standard InChI is InChI=1S/C18H14ClFN6O.C3H6/c19-15-14(10-2-5-26-11(6-10)7-13(24-26)21-9-27)12-8-22-23-17(12)18(16(15)20)25-3-1-4-25;1-2-3-1/h2,5-9H,1,3-4H2,(H,22,23)(H,21,24,27);1-3H2. The van der Waals surface area contributed by atoms with E-state index in [1.807, 2.05) is 11.0 Å². The Labute approximate surface area is 176 Å². The van der Waals surface area contributed by atoms with Crippen molar-refractivity contribution in [3.8, 4) is 11.1 Å². The minimum atomic E-state index is -0.445. The lowest BCUT2D eigenvalue weighted by Gasteiger charge is -2.34. The molecule has 0 bridgehead atoms. The lowest BCUT2D eigenvalue weighted by atomic mass is 9.99. The Morgan fingerprint density at radius 3 is 2.67 bits per heavy atom. The lowest BCUT2D eigenvalue weighted by Crippen LogP contribution is -2.37. The molecule has 1 aromatic carbocycles. The molecule has 2 N–H and O–H groups in total. The molecule has 4 aromatic rings. The molecule has 0 unspecified atom stereocenters. The van der Waals surface area contributed by atoms with Gasteiger partial charge in [0, 0.05) is 36.3 Å². The molecule has 30 heavy (non-hydrogen) atoms. The van der Waals surface area contributed by atoms with Gasteiger partial charge in [-0.25, -0.2) is 8.91 Å². The van der Waals surface area contributed by atoms with Gasteiger partial charge in [0.2, 0.25) is 6.41 Å². The van der Waals surface area contributed by atoms with Gasteiger partial charge in [-0.3, -0.25) is 9.89 Å². The summed E-state index contributed by atoms with van der Waals surface area (Å²) in [6.07, 6.45) is 9.51. The number of rotatable bonds is 4. The van der Waals surface area contributed by atoms with E-state index in [9.17, 15) is 4.79 Å². The van der Waals surface area contributed by atoms with Gasteiger partial charge in [-0.05, 0) is 24.1 Å². The summed E-state index contributed by atoms with van der Waals surface area (Å²) in [5, 5.41) is 14.6. The van der Waals surface area contributed by atoms with Crippen LogP contribution in [-0.2, 0) is 4.79 Å².